The van der Waals surface area contributed by atoms with Crippen molar-refractivity contribution in [3.8, 4) is 5.75 Å². The van der Waals surface area contributed by atoms with Gasteiger partial charge in [0, 0.05) is 42.2 Å². The predicted octanol–water partition coefficient (Wildman–Crippen LogP) is 2.66. The van der Waals surface area contributed by atoms with E-state index in [0.29, 0.717) is 36.6 Å². The van der Waals surface area contributed by atoms with Crippen LogP contribution in [0.5, 0.6) is 5.75 Å². The Morgan fingerprint density at radius 3 is 2.69 bits per heavy atom. The Hall–Kier alpha value is -2.02. The number of fused-ring (bicyclic) bond motifs is 1. The van der Waals surface area contributed by atoms with Gasteiger partial charge in [0.2, 0.25) is 5.91 Å². The summed E-state index contributed by atoms with van der Waals surface area (Å²) in [5, 5.41) is 10.7. The van der Waals surface area contributed by atoms with E-state index in [4.69, 9.17) is 4.74 Å². The zero-order valence-electron chi connectivity index (χ0n) is 14.3. The summed E-state index contributed by atoms with van der Waals surface area (Å²) in [6.45, 7) is 1.03. The van der Waals surface area contributed by atoms with Crippen LogP contribution in [0.3, 0.4) is 0 Å². The number of rotatable bonds is 3. The second-order valence-electron chi connectivity index (χ2n) is 6.62. The molecule has 1 fully saturated rings. The fourth-order valence-electron chi connectivity index (χ4n) is 3.68. The van der Waals surface area contributed by atoms with E-state index in [-0.39, 0.29) is 5.91 Å². The van der Waals surface area contributed by atoms with Gasteiger partial charge in [-0.3, -0.25) is 4.79 Å². The third-order valence-corrected chi connectivity index (χ3v) is 6.34. The SMILES string of the molecule is O=C1CCCN1[C@@H]1c2cc([S+]([O-])c3ccccc3)ccc2OCC[C@H]1O. The average molecular weight is 371 g/mol. The fraction of sp³-hybridized carbons (Fsp3) is 0.350. The van der Waals surface area contributed by atoms with Crippen molar-refractivity contribution in [3.05, 3.63) is 54.1 Å². The third-order valence-electron chi connectivity index (χ3n) is 4.95. The quantitative estimate of drug-likeness (QED) is 0.842. The largest absolute Gasteiger partial charge is 0.606 e. The standard InChI is InChI=1S/C20H21NO4S/c22-17-10-12-25-18-9-8-15(26(24)14-5-2-1-3-6-14)13-16(18)20(17)21-11-4-7-19(21)23/h1-3,5-6,8-9,13,17,20,22H,4,7,10-12H2/t17-,20-,26?/m1/s1. The summed E-state index contributed by atoms with van der Waals surface area (Å²) in [6.07, 6.45) is 1.07. The van der Waals surface area contributed by atoms with Crippen molar-refractivity contribution in [2.45, 2.75) is 41.2 Å². The molecule has 0 bridgehead atoms. The van der Waals surface area contributed by atoms with Crippen LogP contribution in [0.2, 0.25) is 0 Å². The fourth-order valence-corrected chi connectivity index (χ4v) is 4.78. The lowest BCUT2D eigenvalue weighted by atomic mass is 9.98. The van der Waals surface area contributed by atoms with Crippen LogP contribution in [0, 0.1) is 0 Å². The zero-order chi connectivity index (χ0) is 18.1. The molecule has 6 heteroatoms. The van der Waals surface area contributed by atoms with Crippen LogP contribution in [0.4, 0.5) is 0 Å². The monoisotopic (exact) mass is 371 g/mol. The number of nitrogens with zero attached hydrogens (tertiary/aromatic N) is 1. The highest BCUT2D eigenvalue weighted by atomic mass is 32.2. The van der Waals surface area contributed by atoms with E-state index in [1.54, 1.807) is 17.0 Å². The molecule has 2 heterocycles. The van der Waals surface area contributed by atoms with E-state index in [9.17, 15) is 14.5 Å². The van der Waals surface area contributed by atoms with Crippen LogP contribution in [0.15, 0.2) is 58.3 Å². The van der Waals surface area contributed by atoms with Crippen LogP contribution in [-0.4, -0.2) is 39.7 Å². The van der Waals surface area contributed by atoms with Crippen LogP contribution < -0.4 is 4.74 Å². The Kier molecular flexibility index (Phi) is 4.89. The summed E-state index contributed by atoms with van der Waals surface area (Å²) in [7, 11) is 0. The third kappa shape index (κ3) is 3.20. The highest BCUT2D eigenvalue weighted by Crippen LogP contribution is 2.39. The highest BCUT2D eigenvalue weighted by Gasteiger charge is 2.37. The average Bonchev–Trinajstić information content (AvgIpc) is 3.01. The first kappa shape index (κ1) is 17.4. The molecule has 1 unspecified atom stereocenters. The van der Waals surface area contributed by atoms with Crippen molar-refractivity contribution in [2.75, 3.05) is 13.2 Å². The van der Waals surface area contributed by atoms with Crippen molar-refractivity contribution in [2.24, 2.45) is 0 Å². The van der Waals surface area contributed by atoms with Crippen molar-refractivity contribution in [1.29, 1.82) is 0 Å². The van der Waals surface area contributed by atoms with Gasteiger partial charge in [0.15, 0.2) is 9.79 Å². The Bertz CT molecular complexity index is 798. The number of benzene rings is 2. The number of likely N-dealkylation sites (tertiary alicyclic amines) is 1. The minimum absolute atomic E-state index is 0.0523. The zero-order valence-corrected chi connectivity index (χ0v) is 15.2. The Labute approximate surface area is 155 Å². The summed E-state index contributed by atoms with van der Waals surface area (Å²) >= 11 is -1.33. The molecule has 2 aliphatic rings. The molecule has 2 aromatic carbocycles. The molecule has 2 aliphatic heterocycles. The topological polar surface area (TPSA) is 72.8 Å². The van der Waals surface area contributed by atoms with Crippen LogP contribution >= 0.6 is 0 Å². The maximum atomic E-state index is 12.9. The first-order valence-electron chi connectivity index (χ1n) is 8.86. The van der Waals surface area contributed by atoms with Crippen LogP contribution in [-0.2, 0) is 16.0 Å². The first-order chi connectivity index (χ1) is 12.6. The van der Waals surface area contributed by atoms with E-state index >= 15 is 0 Å². The smallest absolute Gasteiger partial charge is 0.223 e. The summed E-state index contributed by atoms with van der Waals surface area (Å²) in [5.41, 5.74) is 0.743. The van der Waals surface area contributed by atoms with Gasteiger partial charge in [-0.15, -0.1) is 0 Å². The van der Waals surface area contributed by atoms with Gasteiger partial charge < -0.3 is 19.3 Å². The second kappa shape index (κ2) is 7.31. The summed E-state index contributed by atoms with van der Waals surface area (Å²) < 4.78 is 18.7. The molecule has 1 amide bonds. The van der Waals surface area contributed by atoms with E-state index in [1.807, 2.05) is 36.4 Å². The molecule has 3 atom stereocenters. The molecule has 0 radical (unpaired) electrons. The van der Waals surface area contributed by atoms with Gasteiger partial charge in [-0.1, -0.05) is 18.2 Å². The molecule has 5 nitrogen and oxygen atoms in total. The van der Waals surface area contributed by atoms with Crippen molar-refractivity contribution in [3.63, 3.8) is 0 Å². The maximum absolute atomic E-state index is 12.9. The molecular formula is C20H21NO4S. The summed E-state index contributed by atoms with van der Waals surface area (Å²) in [6, 6.07) is 14.2. The molecule has 0 spiro atoms. The minimum Gasteiger partial charge on any atom is -0.606 e. The highest BCUT2D eigenvalue weighted by molar-refractivity contribution is 7.91. The summed E-state index contributed by atoms with van der Waals surface area (Å²) in [4.78, 5) is 15.4. The normalized spacial score (nSPS) is 23.9. The number of hydrogen-bond donors (Lipinski definition) is 1. The number of amides is 1. The molecular weight excluding hydrogens is 350 g/mol. The van der Waals surface area contributed by atoms with Gasteiger partial charge in [0.25, 0.3) is 0 Å². The molecule has 1 saturated heterocycles. The molecule has 0 saturated carbocycles. The Balaban J connectivity index is 1.75. The first-order valence-corrected chi connectivity index (χ1v) is 10.0. The molecule has 136 valence electrons. The number of carbonyl (C=O) groups is 1. The lowest BCUT2D eigenvalue weighted by Gasteiger charge is -2.31. The van der Waals surface area contributed by atoms with Gasteiger partial charge in [-0.05, 0) is 30.7 Å². The number of ether oxygens (including phenoxy) is 1. The van der Waals surface area contributed by atoms with Gasteiger partial charge in [-0.25, -0.2) is 0 Å². The molecule has 4 rings (SSSR count). The second-order valence-corrected chi connectivity index (χ2v) is 8.10. The Morgan fingerprint density at radius 1 is 1.15 bits per heavy atom. The van der Waals surface area contributed by atoms with Crippen LogP contribution in [0.1, 0.15) is 30.9 Å². The lowest BCUT2D eigenvalue weighted by Crippen LogP contribution is -2.37. The maximum Gasteiger partial charge on any atom is 0.223 e. The van der Waals surface area contributed by atoms with Crippen molar-refractivity contribution >= 4 is 17.1 Å². The van der Waals surface area contributed by atoms with Crippen molar-refractivity contribution < 1.29 is 19.2 Å². The lowest BCUT2D eigenvalue weighted by molar-refractivity contribution is -0.132. The van der Waals surface area contributed by atoms with Gasteiger partial charge >= 0.3 is 0 Å². The van der Waals surface area contributed by atoms with E-state index < -0.39 is 23.3 Å². The number of carbonyl (C=O) groups excluding carboxylic acids is 1. The Morgan fingerprint density at radius 2 is 1.96 bits per heavy atom. The molecule has 26 heavy (non-hydrogen) atoms. The van der Waals surface area contributed by atoms with Gasteiger partial charge in [0.1, 0.15) is 5.75 Å². The molecule has 0 aromatic heterocycles. The van der Waals surface area contributed by atoms with E-state index in [0.717, 1.165) is 16.9 Å². The van der Waals surface area contributed by atoms with Gasteiger partial charge in [-0.2, -0.15) is 0 Å². The number of aliphatic hydroxyl groups excluding tert-OH is 1. The minimum atomic E-state index is -1.33. The summed E-state index contributed by atoms with van der Waals surface area (Å²) in [5.74, 6) is 0.705. The number of hydrogen-bond acceptors (Lipinski definition) is 4. The molecule has 2 aromatic rings. The van der Waals surface area contributed by atoms with Crippen LogP contribution in [0.25, 0.3) is 0 Å². The van der Waals surface area contributed by atoms with Gasteiger partial charge in [0.05, 0.1) is 18.8 Å². The van der Waals surface area contributed by atoms with Crippen molar-refractivity contribution in [1.82, 2.24) is 4.90 Å². The molecule has 0 aliphatic carbocycles. The van der Waals surface area contributed by atoms with E-state index in [2.05, 4.69) is 0 Å². The van der Waals surface area contributed by atoms with E-state index in [1.165, 1.54) is 0 Å². The predicted molar refractivity (Wildman–Crippen MR) is 97.4 cm³/mol. The molecule has 1 N–H and O–H groups in total. The number of aliphatic hydroxyl groups is 1.